The summed E-state index contributed by atoms with van der Waals surface area (Å²) in [5.74, 6) is 0.792. The molecule has 0 atom stereocenters. The molecule has 64 valence electrons. The fourth-order valence-electron chi connectivity index (χ4n) is 1.75. The van der Waals surface area contributed by atoms with Gasteiger partial charge in [0.2, 0.25) is 0 Å². The number of pyridine rings is 1. The van der Waals surface area contributed by atoms with Crippen molar-refractivity contribution in [1.82, 2.24) is 9.88 Å². The first-order chi connectivity index (χ1) is 6.38. The zero-order chi connectivity index (χ0) is 8.84. The fraction of sp³-hybridized carbons (Fsp3) is 0.222. The number of hydrogen-bond donors (Lipinski definition) is 0. The van der Waals surface area contributed by atoms with E-state index in [2.05, 4.69) is 9.98 Å². The number of rotatable bonds is 0. The molecule has 1 amide bonds. The van der Waals surface area contributed by atoms with Gasteiger partial charge in [-0.15, -0.1) is 0 Å². The smallest absolute Gasteiger partial charge is 0.261 e. The van der Waals surface area contributed by atoms with E-state index in [4.69, 9.17) is 0 Å². The van der Waals surface area contributed by atoms with Gasteiger partial charge in [-0.2, -0.15) is 0 Å². The Morgan fingerprint density at radius 1 is 1.46 bits per heavy atom. The highest BCUT2D eigenvalue weighted by Gasteiger charge is 2.36. The third-order valence-corrected chi connectivity index (χ3v) is 2.34. The molecule has 1 aromatic rings. The maximum atomic E-state index is 11.7. The van der Waals surface area contributed by atoms with Crippen LogP contribution in [-0.2, 0) is 0 Å². The van der Waals surface area contributed by atoms with Gasteiger partial charge in [0.25, 0.3) is 5.91 Å². The van der Waals surface area contributed by atoms with Crippen molar-refractivity contribution in [3.05, 3.63) is 29.6 Å². The van der Waals surface area contributed by atoms with Gasteiger partial charge in [-0.1, -0.05) is 0 Å². The molecular weight excluding hydrogens is 166 g/mol. The van der Waals surface area contributed by atoms with E-state index < -0.39 is 0 Å². The summed E-state index contributed by atoms with van der Waals surface area (Å²) in [6, 6.07) is 3.57. The van der Waals surface area contributed by atoms with Crippen LogP contribution in [-0.4, -0.2) is 34.7 Å². The first-order valence-corrected chi connectivity index (χ1v) is 4.19. The Labute approximate surface area is 74.9 Å². The predicted octanol–water partition coefficient (Wildman–Crippen LogP) is 0.298. The summed E-state index contributed by atoms with van der Waals surface area (Å²) in [5.41, 5.74) is 1.42. The van der Waals surface area contributed by atoms with Crippen LogP contribution in [0.15, 0.2) is 23.3 Å². The quantitative estimate of drug-likeness (QED) is 0.566. The van der Waals surface area contributed by atoms with Crippen LogP contribution in [0.4, 0.5) is 0 Å². The molecule has 0 aromatic carbocycles. The van der Waals surface area contributed by atoms with Crippen LogP contribution in [0.25, 0.3) is 0 Å². The molecule has 2 aliphatic heterocycles. The Hall–Kier alpha value is -1.71. The van der Waals surface area contributed by atoms with E-state index in [9.17, 15) is 4.79 Å². The van der Waals surface area contributed by atoms with E-state index in [-0.39, 0.29) is 5.91 Å². The Morgan fingerprint density at radius 2 is 2.38 bits per heavy atom. The minimum Gasteiger partial charge on any atom is -0.289 e. The maximum absolute atomic E-state index is 11.7. The number of amidine groups is 1. The van der Waals surface area contributed by atoms with Gasteiger partial charge in [-0.25, -0.2) is 0 Å². The average Bonchev–Trinajstić information content (AvgIpc) is 2.72. The molecule has 0 aliphatic carbocycles. The summed E-state index contributed by atoms with van der Waals surface area (Å²) in [4.78, 5) is 21.8. The highest BCUT2D eigenvalue weighted by atomic mass is 16.2. The van der Waals surface area contributed by atoms with Crippen molar-refractivity contribution < 1.29 is 4.79 Å². The molecule has 0 radical (unpaired) electrons. The maximum Gasteiger partial charge on any atom is 0.261 e. The largest absolute Gasteiger partial charge is 0.289 e. The second kappa shape index (κ2) is 2.16. The number of carbonyl (C=O) groups excluding carboxylic acids is 1. The Bertz CT molecular complexity index is 425. The van der Waals surface area contributed by atoms with Crippen molar-refractivity contribution in [3.8, 4) is 0 Å². The predicted molar refractivity (Wildman–Crippen MR) is 46.7 cm³/mol. The lowest BCUT2D eigenvalue weighted by Gasteiger charge is -2.06. The average molecular weight is 173 g/mol. The zero-order valence-corrected chi connectivity index (χ0v) is 6.90. The van der Waals surface area contributed by atoms with E-state index in [0.29, 0.717) is 18.7 Å². The monoisotopic (exact) mass is 173 g/mol. The van der Waals surface area contributed by atoms with Gasteiger partial charge in [0, 0.05) is 12.7 Å². The van der Waals surface area contributed by atoms with E-state index >= 15 is 0 Å². The second-order valence-corrected chi connectivity index (χ2v) is 3.06. The van der Waals surface area contributed by atoms with Crippen LogP contribution in [0.1, 0.15) is 16.1 Å². The van der Waals surface area contributed by atoms with Crippen molar-refractivity contribution in [2.75, 3.05) is 13.1 Å². The molecule has 2 aliphatic rings. The molecule has 4 heteroatoms. The third-order valence-electron chi connectivity index (χ3n) is 2.34. The number of aromatic nitrogens is 1. The highest BCUT2D eigenvalue weighted by Crippen LogP contribution is 2.23. The Balaban J connectivity index is 2.29. The topological polar surface area (TPSA) is 45.6 Å². The van der Waals surface area contributed by atoms with Gasteiger partial charge < -0.3 is 0 Å². The number of aliphatic imine (C=N–C) groups is 1. The summed E-state index contributed by atoms with van der Waals surface area (Å²) in [6.45, 7) is 1.40. The highest BCUT2D eigenvalue weighted by molar-refractivity contribution is 6.22. The molecule has 0 saturated heterocycles. The van der Waals surface area contributed by atoms with Gasteiger partial charge in [-0.3, -0.25) is 19.7 Å². The minimum absolute atomic E-state index is 0.0411. The normalized spacial score (nSPS) is 18.6. The first-order valence-electron chi connectivity index (χ1n) is 4.19. The molecule has 0 saturated carbocycles. The van der Waals surface area contributed by atoms with E-state index in [0.717, 1.165) is 11.5 Å². The van der Waals surface area contributed by atoms with Crippen molar-refractivity contribution in [2.45, 2.75) is 0 Å². The molecule has 1 aromatic heterocycles. The number of nitrogens with zero attached hydrogens (tertiary/aromatic N) is 3. The lowest BCUT2D eigenvalue weighted by atomic mass is 10.2. The molecule has 4 nitrogen and oxygen atoms in total. The molecule has 0 spiro atoms. The number of amides is 1. The molecular formula is C9H7N3O. The van der Waals surface area contributed by atoms with Crippen LogP contribution >= 0.6 is 0 Å². The Kier molecular flexibility index (Phi) is 1.12. The number of hydrogen-bond acceptors (Lipinski definition) is 3. The molecule has 0 N–H and O–H groups in total. The molecule has 0 bridgehead atoms. The lowest BCUT2D eigenvalue weighted by Crippen LogP contribution is -2.27. The van der Waals surface area contributed by atoms with Gasteiger partial charge in [0.05, 0.1) is 12.1 Å². The van der Waals surface area contributed by atoms with Gasteiger partial charge in [0.1, 0.15) is 5.69 Å². The van der Waals surface area contributed by atoms with Gasteiger partial charge in [0.15, 0.2) is 5.84 Å². The summed E-state index contributed by atoms with van der Waals surface area (Å²) < 4.78 is 0. The first kappa shape index (κ1) is 6.77. The van der Waals surface area contributed by atoms with Crippen molar-refractivity contribution >= 4 is 11.7 Å². The summed E-state index contributed by atoms with van der Waals surface area (Å²) in [6.07, 6.45) is 1.69. The fourth-order valence-corrected chi connectivity index (χ4v) is 1.75. The standard InChI is InChI=1S/C9H7N3O/c13-9-6-2-1-3-10-7(6)8-11-4-5-12(8)9/h1-3H,4-5H2. The SMILES string of the molecule is O=C1c2cccnc2C2=NCCN12. The van der Waals surface area contributed by atoms with Crippen LogP contribution in [0.5, 0.6) is 0 Å². The third kappa shape index (κ3) is 0.722. The van der Waals surface area contributed by atoms with Crippen molar-refractivity contribution in [3.63, 3.8) is 0 Å². The number of carbonyl (C=O) groups is 1. The molecule has 13 heavy (non-hydrogen) atoms. The van der Waals surface area contributed by atoms with Gasteiger partial charge >= 0.3 is 0 Å². The molecule has 3 rings (SSSR count). The van der Waals surface area contributed by atoms with Crippen molar-refractivity contribution in [1.29, 1.82) is 0 Å². The molecule has 3 heterocycles. The van der Waals surface area contributed by atoms with Crippen LogP contribution in [0.3, 0.4) is 0 Å². The lowest BCUT2D eigenvalue weighted by molar-refractivity contribution is 0.0869. The van der Waals surface area contributed by atoms with Gasteiger partial charge in [-0.05, 0) is 12.1 Å². The summed E-state index contributed by atoms with van der Waals surface area (Å²) in [7, 11) is 0. The van der Waals surface area contributed by atoms with Crippen LogP contribution in [0.2, 0.25) is 0 Å². The summed E-state index contributed by atoms with van der Waals surface area (Å²) in [5, 5.41) is 0. The van der Waals surface area contributed by atoms with E-state index in [1.807, 2.05) is 0 Å². The Morgan fingerprint density at radius 3 is 3.31 bits per heavy atom. The minimum atomic E-state index is 0.0411. The summed E-state index contributed by atoms with van der Waals surface area (Å²) >= 11 is 0. The van der Waals surface area contributed by atoms with Crippen molar-refractivity contribution in [2.24, 2.45) is 4.99 Å². The molecule has 0 fully saturated rings. The van der Waals surface area contributed by atoms with E-state index in [1.54, 1.807) is 23.2 Å². The van der Waals surface area contributed by atoms with E-state index in [1.165, 1.54) is 0 Å². The number of fused-ring (bicyclic) bond motifs is 3. The zero-order valence-electron chi connectivity index (χ0n) is 6.90. The molecule has 0 unspecified atom stereocenters. The van der Waals surface area contributed by atoms with Crippen LogP contribution in [0, 0.1) is 0 Å². The second-order valence-electron chi connectivity index (χ2n) is 3.06. The van der Waals surface area contributed by atoms with Crippen LogP contribution < -0.4 is 0 Å².